The number of hydrogen-bond donors (Lipinski definition) is 0. The third-order valence-electron chi connectivity index (χ3n) is 4.64. The summed E-state index contributed by atoms with van der Waals surface area (Å²) < 4.78 is 61.3. The van der Waals surface area contributed by atoms with E-state index in [1.54, 1.807) is 29.8 Å². The molecule has 1 saturated heterocycles. The molecule has 0 atom stereocenters. The van der Waals surface area contributed by atoms with Gasteiger partial charge in [0.05, 0.1) is 13.4 Å². The Morgan fingerprint density at radius 2 is 1.64 bits per heavy atom. The molecule has 2 aromatic rings. The van der Waals surface area contributed by atoms with E-state index in [9.17, 15) is 16.8 Å². The summed E-state index contributed by atoms with van der Waals surface area (Å²) in [5, 5.41) is -0.0355. The Bertz CT molecular complexity index is 1060. The fourth-order valence-corrected chi connectivity index (χ4v) is 6.28. The summed E-state index contributed by atoms with van der Waals surface area (Å²) in [6, 6.07) is 4.97. The minimum absolute atomic E-state index is 0.0355. The van der Waals surface area contributed by atoms with Gasteiger partial charge in [-0.15, -0.1) is 0 Å². The van der Waals surface area contributed by atoms with Crippen LogP contribution in [0, 0.1) is 6.92 Å². The molecule has 28 heavy (non-hydrogen) atoms. The standard InChI is InChI=1S/C17H24N4O5S2/c1-14-5-6-15(26-3)16(11-14)27(22,23)20-7-4-8-21(10-9-20)28(24,25)17-12-19(2)13-18-17/h5-6,11-13H,4,7-10H2,1-3H3. The van der Waals surface area contributed by atoms with Crippen molar-refractivity contribution in [2.75, 3.05) is 33.3 Å². The topological polar surface area (TPSA) is 102 Å². The number of aromatic nitrogens is 2. The lowest BCUT2D eigenvalue weighted by Crippen LogP contribution is -2.37. The summed E-state index contributed by atoms with van der Waals surface area (Å²) >= 11 is 0. The van der Waals surface area contributed by atoms with E-state index >= 15 is 0 Å². The maximum atomic E-state index is 13.2. The van der Waals surface area contributed by atoms with Crippen molar-refractivity contribution < 1.29 is 21.6 Å². The van der Waals surface area contributed by atoms with Crippen molar-refractivity contribution in [2.24, 2.45) is 7.05 Å². The molecule has 154 valence electrons. The third kappa shape index (κ3) is 3.93. The molecule has 0 bridgehead atoms. The molecule has 1 aromatic heterocycles. The van der Waals surface area contributed by atoms with Crippen molar-refractivity contribution in [2.45, 2.75) is 23.3 Å². The molecule has 1 aromatic carbocycles. The summed E-state index contributed by atoms with van der Waals surface area (Å²) in [5.74, 6) is 0.271. The first kappa shape index (κ1) is 20.8. The van der Waals surface area contributed by atoms with E-state index in [1.807, 2.05) is 6.92 Å². The number of benzene rings is 1. The van der Waals surface area contributed by atoms with Crippen molar-refractivity contribution in [3.05, 3.63) is 36.3 Å². The maximum absolute atomic E-state index is 13.2. The molecule has 0 unspecified atom stereocenters. The Morgan fingerprint density at radius 3 is 2.21 bits per heavy atom. The van der Waals surface area contributed by atoms with Crippen LogP contribution in [-0.4, -0.2) is 68.3 Å². The fraction of sp³-hybridized carbons (Fsp3) is 0.471. The van der Waals surface area contributed by atoms with E-state index in [0.29, 0.717) is 6.42 Å². The van der Waals surface area contributed by atoms with Crippen LogP contribution in [0.15, 0.2) is 40.6 Å². The van der Waals surface area contributed by atoms with E-state index in [4.69, 9.17) is 4.74 Å². The second-order valence-corrected chi connectivity index (χ2v) is 10.5. The van der Waals surface area contributed by atoms with Crippen molar-refractivity contribution in [1.82, 2.24) is 18.2 Å². The molecule has 0 saturated carbocycles. The van der Waals surface area contributed by atoms with E-state index in [1.165, 1.54) is 28.2 Å². The molecule has 2 heterocycles. The van der Waals surface area contributed by atoms with Gasteiger partial charge in [0.15, 0.2) is 5.03 Å². The molecule has 9 nitrogen and oxygen atoms in total. The van der Waals surface area contributed by atoms with Gasteiger partial charge in [-0.1, -0.05) is 6.07 Å². The van der Waals surface area contributed by atoms with Gasteiger partial charge in [-0.05, 0) is 31.0 Å². The fourth-order valence-electron chi connectivity index (χ4n) is 3.13. The van der Waals surface area contributed by atoms with Gasteiger partial charge in [-0.25, -0.2) is 21.8 Å². The number of sulfonamides is 2. The van der Waals surface area contributed by atoms with Crippen LogP contribution >= 0.6 is 0 Å². The molecule has 1 fully saturated rings. The summed E-state index contributed by atoms with van der Waals surface area (Å²) in [6.07, 6.45) is 3.25. The van der Waals surface area contributed by atoms with Crippen LogP contribution in [0.4, 0.5) is 0 Å². The van der Waals surface area contributed by atoms with Crippen LogP contribution in [0.25, 0.3) is 0 Å². The average molecular weight is 429 g/mol. The largest absolute Gasteiger partial charge is 0.495 e. The lowest BCUT2D eigenvalue weighted by atomic mass is 10.2. The summed E-state index contributed by atoms with van der Waals surface area (Å²) in [6.45, 7) is 2.39. The summed E-state index contributed by atoms with van der Waals surface area (Å²) in [7, 11) is -4.46. The van der Waals surface area contributed by atoms with Gasteiger partial charge in [0.25, 0.3) is 10.0 Å². The molecule has 0 amide bonds. The van der Waals surface area contributed by atoms with Gasteiger partial charge in [0, 0.05) is 39.4 Å². The average Bonchev–Trinajstić information content (AvgIpc) is 2.93. The molecule has 1 aliphatic heterocycles. The highest BCUT2D eigenvalue weighted by Crippen LogP contribution is 2.28. The Kier molecular flexibility index (Phi) is 5.80. The number of imidazole rings is 1. The van der Waals surface area contributed by atoms with E-state index in [-0.39, 0.29) is 41.8 Å². The number of ether oxygens (including phenoxy) is 1. The molecule has 0 aliphatic carbocycles. The molecule has 3 rings (SSSR count). The lowest BCUT2D eigenvalue weighted by Gasteiger charge is -2.22. The smallest absolute Gasteiger partial charge is 0.262 e. The quantitative estimate of drug-likeness (QED) is 0.699. The Hall–Kier alpha value is -1.95. The van der Waals surface area contributed by atoms with Crippen LogP contribution in [0.3, 0.4) is 0 Å². The van der Waals surface area contributed by atoms with Crippen LogP contribution in [-0.2, 0) is 27.1 Å². The van der Waals surface area contributed by atoms with Gasteiger partial charge < -0.3 is 9.30 Å². The van der Waals surface area contributed by atoms with Gasteiger partial charge in [-0.3, -0.25) is 0 Å². The van der Waals surface area contributed by atoms with Crippen molar-refractivity contribution in [3.63, 3.8) is 0 Å². The number of rotatable bonds is 5. The molecule has 0 radical (unpaired) electrons. The summed E-state index contributed by atoms with van der Waals surface area (Å²) in [4.78, 5) is 4.02. The second-order valence-electron chi connectivity index (χ2n) is 6.69. The van der Waals surface area contributed by atoms with Crippen LogP contribution in [0.1, 0.15) is 12.0 Å². The maximum Gasteiger partial charge on any atom is 0.262 e. The van der Waals surface area contributed by atoms with Gasteiger partial charge in [0.1, 0.15) is 10.6 Å². The predicted molar refractivity (Wildman–Crippen MR) is 103 cm³/mol. The van der Waals surface area contributed by atoms with E-state index in [2.05, 4.69) is 4.98 Å². The minimum atomic E-state index is -3.81. The van der Waals surface area contributed by atoms with Gasteiger partial charge in [0.2, 0.25) is 10.0 Å². The minimum Gasteiger partial charge on any atom is -0.495 e. The first-order valence-electron chi connectivity index (χ1n) is 8.79. The third-order valence-corrected chi connectivity index (χ3v) is 8.34. The molecule has 0 spiro atoms. The molecule has 0 N–H and O–H groups in total. The molecule has 1 aliphatic rings. The zero-order chi connectivity index (χ0) is 20.5. The highest BCUT2D eigenvalue weighted by Gasteiger charge is 2.33. The number of aryl methyl sites for hydroxylation is 2. The zero-order valence-corrected chi connectivity index (χ0v) is 17.7. The van der Waals surface area contributed by atoms with Crippen LogP contribution in [0.2, 0.25) is 0 Å². The molecule has 11 heteroatoms. The van der Waals surface area contributed by atoms with Crippen LogP contribution < -0.4 is 4.74 Å². The Morgan fingerprint density at radius 1 is 1.00 bits per heavy atom. The SMILES string of the molecule is COc1ccc(C)cc1S(=O)(=O)N1CCCN(S(=O)(=O)c2cn(C)cn2)CC1. The normalized spacial score (nSPS) is 17.4. The lowest BCUT2D eigenvalue weighted by molar-refractivity contribution is 0.388. The van der Waals surface area contributed by atoms with Crippen molar-refractivity contribution in [1.29, 1.82) is 0 Å². The van der Waals surface area contributed by atoms with E-state index < -0.39 is 20.0 Å². The number of nitrogens with zero attached hydrogens (tertiary/aromatic N) is 4. The second kappa shape index (κ2) is 7.82. The number of methoxy groups -OCH3 is 1. The van der Waals surface area contributed by atoms with Crippen LogP contribution in [0.5, 0.6) is 5.75 Å². The van der Waals surface area contributed by atoms with E-state index in [0.717, 1.165) is 5.56 Å². The molecular weight excluding hydrogens is 404 g/mol. The number of hydrogen-bond acceptors (Lipinski definition) is 6. The first-order chi connectivity index (χ1) is 13.2. The zero-order valence-electron chi connectivity index (χ0n) is 16.1. The van der Waals surface area contributed by atoms with Gasteiger partial charge >= 0.3 is 0 Å². The van der Waals surface area contributed by atoms with Crippen molar-refractivity contribution in [3.8, 4) is 5.75 Å². The molecular formula is C17H24N4O5S2. The van der Waals surface area contributed by atoms with Gasteiger partial charge in [-0.2, -0.15) is 8.61 Å². The highest BCUT2D eigenvalue weighted by molar-refractivity contribution is 7.89. The Balaban J connectivity index is 1.85. The monoisotopic (exact) mass is 428 g/mol. The Labute approximate surface area is 165 Å². The first-order valence-corrected chi connectivity index (χ1v) is 11.7. The summed E-state index contributed by atoms with van der Waals surface area (Å²) in [5.41, 5.74) is 0.800. The van der Waals surface area contributed by atoms with Crippen molar-refractivity contribution >= 4 is 20.0 Å². The predicted octanol–water partition coefficient (Wildman–Crippen LogP) is 0.822. The highest BCUT2D eigenvalue weighted by atomic mass is 32.2.